The van der Waals surface area contributed by atoms with Crippen molar-refractivity contribution in [3.8, 4) is 5.75 Å². The Morgan fingerprint density at radius 1 is 1.28 bits per heavy atom. The van der Waals surface area contributed by atoms with Crippen LogP contribution in [0.15, 0.2) is 48.5 Å². The van der Waals surface area contributed by atoms with E-state index in [1.807, 2.05) is 24.3 Å². The van der Waals surface area contributed by atoms with E-state index < -0.39 is 4.92 Å². The van der Waals surface area contributed by atoms with E-state index in [0.717, 1.165) is 18.4 Å². The zero-order valence-electron chi connectivity index (χ0n) is 13.4. The molecule has 2 aromatic carbocycles. The summed E-state index contributed by atoms with van der Waals surface area (Å²) in [4.78, 5) is 24.6. The summed E-state index contributed by atoms with van der Waals surface area (Å²) in [5, 5.41) is 11.5. The maximum atomic E-state index is 12.5. The summed E-state index contributed by atoms with van der Waals surface area (Å²) < 4.78 is 5.46. The molecule has 0 unspecified atom stereocenters. The summed E-state index contributed by atoms with van der Waals surface area (Å²) in [5.74, 6) is 0.175. The van der Waals surface area contributed by atoms with Gasteiger partial charge in [-0.3, -0.25) is 14.9 Å². The van der Waals surface area contributed by atoms with E-state index in [0.29, 0.717) is 17.3 Å². The largest absolute Gasteiger partial charge is 0.484 e. The van der Waals surface area contributed by atoms with Crippen LogP contribution in [0.5, 0.6) is 5.75 Å². The molecule has 1 fully saturated rings. The van der Waals surface area contributed by atoms with Crippen molar-refractivity contribution in [3.63, 3.8) is 0 Å². The lowest BCUT2D eigenvalue weighted by molar-refractivity contribution is -0.384. The average molecular weight is 361 g/mol. The van der Waals surface area contributed by atoms with Crippen LogP contribution in [-0.4, -0.2) is 28.9 Å². The van der Waals surface area contributed by atoms with Gasteiger partial charge in [0.05, 0.1) is 17.0 Å². The lowest BCUT2D eigenvalue weighted by atomic mass is 10.0. The van der Waals surface area contributed by atoms with Gasteiger partial charge in [-0.05, 0) is 36.6 Å². The Kier molecular flexibility index (Phi) is 5.19. The molecule has 3 rings (SSSR count). The molecule has 130 valence electrons. The molecule has 1 saturated heterocycles. The van der Waals surface area contributed by atoms with Crippen molar-refractivity contribution in [2.45, 2.75) is 18.9 Å². The standard InChI is InChI=1S/C18H17ClN2O4/c19-14-8-6-13(7-9-14)17-5-2-10-20(17)18(22)12-25-16-4-1-3-15(11-16)21(23)24/h1,3-4,6-9,11,17H,2,5,10,12H2/t17-/m1/s1. The van der Waals surface area contributed by atoms with Gasteiger partial charge in [0, 0.05) is 17.6 Å². The van der Waals surface area contributed by atoms with Crippen molar-refractivity contribution in [2.24, 2.45) is 0 Å². The van der Waals surface area contributed by atoms with Gasteiger partial charge in [-0.2, -0.15) is 0 Å². The van der Waals surface area contributed by atoms with E-state index in [1.54, 1.807) is 11.0 Å². The second kappa shape index (κ2) is 7.53. The first-order valence-corrected chi connectivity index (χ1v) is 8.34. The summed E-state index contributed by atoms with van der Waals surface area (Å²) in [6, 6.07) is 13.3. The van der Waals surface area contributed by atoms with Gasteiger partial charge in [0.15, 0.2) is 6.61 Å². The van der Waals surface area contributed by atoms with E-state index >= 15 is 0 Å². The number of likely N-dealkylation sites (tertiary alicyclic amines) is 1. The highest BCUT2D eigenvalue weighted by Crippen LogP contribution is 2.32. The smallest absolute Gasteiger partial charge is 0.273 e. The lowest BCUT2D eigenvalue weighted by Gasteiger charge is -2.25. The summed E-state index contributed by atoms with van der Waals surface area (Å²) in [6.07, 6.45) is 1.82. The van der Waals surface area contributed by atoms with Crippen molar-refractivity contribution in [2.75, 3.05) is 13.2 Å². The molecule has 0 radical (unpaired) electrons. The van der Waals surface area contributed by atoms with Crippen LogP contribution >= 0.6 is 11.6 Å². The minimum absolute atomic E-state index is 0.0125. The quantitative estimate of drug-likeness (QED) is 0.597. The first-order chi connectivity index (χ1) is 12.0. The van der Waals surface area contributed by atoms with Crippen LogP contribution in [-0.2, 0) is 4.79 Å². The molecule has 0 saturated carbocycles. The molecule has 0 bridgehead atoms. The lowest BCUT2D eigenvalue weighted by Crippen LogP contribution is -2.34. The third kappa shape index (κ3) is 4.09. The molecular formula is C18H17ClN2O4. The number of nitro groups is 1. The molecular weight excluding hydrogens is 344 g/mol. The highest BCUT2D eigenvalue weighted by Gasteiger charge is 2.30. The number of hydrogen-bond acceptors (Lipinski definition) is 4. The summed E-state index contributed by atoms with van der Waals surface area (Å²) in [6.45, 7) is 0.523. The van der Waals surface area contributed by atoms with Gasteiger partial charge in [-0.15, -0.1) is 0 Å². The van der Waals surface area contributed by atoms with E-state index in [-0.39, 0.29) is 24.2 Å². The van der Waals surface area contributed by atoms with Crippen LogP contribution in [0.2, 0.25) is 5.02 Å². The Bertz CT molecular complexity index is 779. The fourth-order valence-electron chi connectivity index (χ4n) is 3.01. The number of rotatable bonds is 5. The van der Waals surface area contributed by atoms with Crippen molar-refractivity contribution < 1.29 is 14.5 Å². The minimum atomic E-state index is -0.494. The van der Waals surface area contributed by atoms with Gasteiger partial charge in [0.2, 0.25) is 0 Å². The number of non-ortho nitro benzene ring substituents is 1. The van der Waals surface area contributed by atoms with Crippen LogP contribution in [0.25, 0.3) is 0 Å². The molecule has 0 aromatic heterocycles. The number of nitrogens with zero attached hydrogens (tertiary/aromatic N) is 2. The first-order valence-electron chi connectivity index (χ1n) is 7.97. The number of carbonyl (C=O) groups is 1. The average Bonchev–Trinajstić information content (AvgIpc) is 3.10. The SMILES string of the molecule is O=C(COc1cccc([N+](=O)[O-])c1)N1CCC[C@@H]1c1ccc(Cl)cc1. The third-order valence-electron chi connectivity index (χ3n) is 4.22. The molecule has 0 N–H and O–H groups in total. The van der Waals surface area contributed by atoms with E-state index in [1.165, 1.54) is 18.2 Å². The van der Waals surface area contributed by atoms with Crippen molar-refractivity contribution in [3.05, 3.63) is 69.2 Å². The predicted octanol–water partition coefficient (Wildman–Crippen LogP) is 3.99. The Labute approximate surface area is 150 Å². The van der Waals surface area contributed by atoms with E-state index in [9.17, 15) is 14.9 Å². The van der Waals surface area contributed by atoms with Gasteiger partial charge >= 0.3 is 0 Å². The Morgan fingerprint density at radius 2 is 2.04 bits per heavy atom. The van der Waals surface area contributed by atoms with Crippen molar-refractivity contribution in [1.82, 2.24) is 4.90 Å². The minimum Gasteiger partial charge on any atom is -0.484 e. The zero-order valence-corrected chi connectivity index (χ0v) is 14.2. The molecule has 6 nitrogen and oxygen atoms in total. The monoisotopic (exact) mass is 360 g/mol. The van der Waals surface area contributed by atoms with Crippen LogP contribution in [0.3, 0.4) is 0 Å². The molecule has 0 spiro atoms. The van der Waals surface area contributed by atoms with Crippen LogP contribution in [0.4, 0.5) is 5.69 Å². The molecule has 7 heteroatoms. The second-order valence-electron chi connectivity index (χ2n) is 5.84. The van der Waals surface area contributed by atoms with Crippen molar-refractivity contribution in [1.29, 1.82) is 0 Å². The molecule has 1 heterocycles. The fourth-order valence-corrected chi connectivity index (χ4v) is 3.14. The van der Waals surface area contributed by atoms with Crippen LogP contribution in [0.1, 0.15) is 24.4 Å². The van der Waals surface area contributed by atoms with Crippen LogP contribution < -0.4 is 4.74 Å². The molecule has 1 aliphatic rings. The van der Waals surface area contributed by atoms with Gasteiger partial charge in [0.1, 0.15) is 5.75 Å². The predicted molar refractivity (Wildman–Crippen MR) is 93.7 cm³/mol. The number of ether oxygens (including phenoxy) is 1. The second-order valence-corrected chi connectivity index (χ2v) is 6.28. The Hall–Kier alpha value is -2.60. The van der Waals surface area contributed by atoms with Gasteiger partial charge in [-0.1, -0.05) is 29.8 Å². The topological polar surface area (TPSA) is 72.7 Å². The van der Waals surface area contributed by atoms with Crippen LogP contribution in [0, 0.1) is 10.1 Å². The van der Waals surface area contributed by atoms with E-state index in [4.69, 9.17) is 16.3 Å². The molecule has 2 aromatic rings. The number of benzene rings is 2. The number of nitro benzene ring substituents is 1. The number of halogens is 1. The molecule has 1 aliphatic heterocycles. The maximum Gasteiger partial charge on any atom is 0.273 e. The Morgan fingerprint density at radius 3 is 2.76 bits per heavy atom. The highest BCUT2D eigenvalue weighted by atomic mass is 35.5. The molecule has 1 atom stereocenters. The Balaban J connectivity index is 1.65. The third-order valence-corrected chi connectivity index (χ3v) is 4.47. The van der Waals surface area contributed by atoms with Gasteiger partial charge in [-0.25, -0.2) is 0 Å². The van der Waals surface area contributed by atoms with Gasteiger partial charge in [0.25, 0.3) is 11.6 Å². The number of amides is 1. The first kappa shape index (κ1) is 17.2. The molecule has 1 amide bonds. The number of hydrogen-bond donors (Lipinski definition) is 0. The molecule has 0 aliphatic carbocycles. The highest BCUT2D eigenvalue weighted by molar-refractivity contribution is 6.30. The summed E-state index contributed by atoms with van der Waals surface area (Å²) in [5.41, 5.74) is 0.982. The summed E-state index contributed by atoms with van der Waals surface area (Å²) in [7, 11) is 0. The fraction of sp³-hybridized carbons (Fsp3) is 0.278. The zero-order chi connectivity index (χ0) is 17.8. The maximum absolute atomic E-state index is 12.5. The normalized spacial score (nSPS) is 16.7. The van der Waals surface area contributed by atoms with Gasteiger partial charge < -0.3 is 9.64 Å². The molecule has 25 heavy (non-hydrogen) atoms. The van der Waals surface area contributed by atoms with Crippen molar-refractivity contribution >= 4 is 23.2 Å². The summed E-state index contributed by atoms with van der Waals surface area (Å²) >= 11 is 5.92. The number of carbonyl (C=O) groups excluding carboxylic acids is 1. The van der Waals surface area contributed by atoms with E-state index in [2.05, 4.69) is 0 Å².